The first-order chi connectivity index (χ1) is 10.5. The highest BCUT2D eigenvalue weighted by Gasteiger charge is 2.40. The Labute approximate surface area is 130 Å². The lowest BCUT2D eigenvalue weighted by Crippen LogP contribution is -2.46. The molecule has 7 heteroatoms. The highest BCUT2D eigenvalue weighted by atomic mass is 32.2. The predicted molar refractivity (Wildman–Crippen MR) is 81.1 cm³/mol. The van der Waals surface area contributed by atoms with Gasteiger partial charge in [0.05, 0.1) is 12.0 Å². The molecule has 2 fully saturated rings. The predicted octanol–water partition coefficient (Wildman–Crippen LogP) is 1.13. The number of amides is 1. The molecule has 1 heterocycles. The lowest BCUT2D eigenvalue weighted by Gasteiger charge is -2.23. The first-order valence-corrected chi connectivity index (χ1v) is 8.92. The van der Waals surface area contributed by atoms with E-state index in [4.69, 9.17) is 4.74 Å². The molecule has 1 N–H and O–H groups in total. The molecule has 120 valence electrons. The third kappa shape index (κ3) is 2.96. The summed E-state index contributed by atoms with van der Waals surface area (Å²) in [5, 5.41) is 2.90. The Morgan fingerprint density at radius 3 is 2.50 bits per heavy atom. The minimum Gasteiger partial charge on any atom is -0.497 e. The van der Waals surface area contributed by atoms with Crippen LogP contribution >= 0.6 is 0 Å². The van der Waals surface area contributed by atoms with Gasteiger partial charge >= 0.3 is 0 Å². The van der Waals surface area contributed by atoms with Crippen molar-refractivity contribution in [1.29, 1.82) is 0 Å². The number of hydrogen-bond donors (Lipinski definition) is 1. The highest BCUT2D eigenvalue weighted by molar-refractivity contribution is 7.89. The van der Waals surface area contributed by atoms with Crippen LogP contribution in [0.1, 0.15) is 25.7 Å². The van der Waals surface area contributed by atoms with Crippen LogP contribution in [0.15, 0.2) is 29.2 Å². The lowest BCUT2D eigenvalue weighted by molar-refractivity contribution is -0.124. The quantitative estimate of drug-likeness (QED) is 0.881. The number of carbonyl (C=O) groups excluding carboxylic acids is 1. The summed E-state index contributed by atoms with van der Waals surface area (Å²) in [7, 11) is -2.13. The van der Waals surface area contributed by atoms with E-state index >= 15 is 0 Å². The van der Waals surface area contributed by atoms with Gasteiger partial charge in [0.2, 0.25) is 15.9 Å². The Kier molecular flexibility index (Phi) is 4.10. The van der Waals surface area contributed by atoms with Crippen LogP contribution in [0.2, 0.25) is 0 Å². The Balaban J connectivity index is 1.81. The summed E-state index contributed by atoms with van der Waals surface area (Å²) in [6.07, 6.45) is 3.26. The first-order valence-electron chi connectivity index (χ1n) is 7.48. The molecule has 2 aliphatic rings. The molecule has 1 amide bonds. The SMILES string of the molecule is COc1ccc(S(=O)(=O)N2CCC[C@@H]2C(=O)NC2CC2)cc1. The lowest BCUT2D eigenvalue weighted by atomic mass is 10.2. The number of rotatable bonds is 5. The summed E-state index contributed by atoms with van der Waals surface area (Å²) in [6, 6.07) is 5.90. The van der Waals surface area contributed by atoms with Crippen LogP contribution in [0.5, 0.6) is 5.75 Å². The molecule has 1 atom stereocenters. The van der Waals surface area contributed by atoms with Crippen molar-refractivity contribution in [3.8, 4) is 5.75 Å². The number of benzene rings is 1. The summed E-state index contributed by atoms with van der Waals surface area (Å²) in [5.41, 5.74) is 0. The molecular formula is C15H20N2O4S. The Bertz CT molecular complexity index is 653. The van der Waals surface area contributed by atoms with Gasteiger partial charge in [-0.05, 0) is 49.9 Å². The number of carbonyl (C=O) groups is 1. The van der Waals surface area contributed by atoms with Crippen molar-refractivity contribution >= 4 is 15.9 Å². The maximum atomic E-state index is 12.8. The highest BCUT2D eigenvalue weighted by Crippen LogP contribution is 2.28. The minimum atomic E-state index is -3.66. The van der Waals surface area contributed by atoms with E-state index in [0.717, 1.165) is 12.8 Å². The van der Waals surface area contributed by atoms with Gasteiger partial charge in [-0.25, -0.2) is 8.42 Å². The second-order valence-electron chi connectivity index (χ2n) is 5.73. The van der Waals surface area contributed by atoms with Crippen LogP contribution in [-0.4, -0.2) is 44.4 Å². The molecule has 0 bridgehead atoms. The zero-order valence-corrected chi connectivity index (χ0v) is 13.3. The fraction of sp³-hybridized carbons (Fsp3) is 0.533. The third-order valence-electron chi connectivity index (χ3n) is 4.10. The molecule has 3 rings (SSSR count). The van der Waals surface area contributed by atoms with Gasteiger partial charge in [0.1, 0.15) is 11.8 Å². The molecule has 1 aliphatic heterocycles. The number of nitrogens with one attached hydrogen (secondary N) is 1. The molecule has 1 aliphatic carbocycles. The average Bonchev–Trinajstić information content (AvgIpc) is 3.18. The maximum absolute atomic E-state index is 12.8. The maximum Gasteiger partial charge on any atom is 0.243 e. The number of methoxy groups -OCH3 is 1. The largest absolute Gasteiger partial charge is 0.497 e. The van der Waals surface area contributed by atoms with Gasteiger partial charge in [0.15, 0.2) is 0 Å². The normalized spacial score (nSPS) is 22.5. The van der Waals surface area contributed by atoms with Crippen molar-refractivity contribution in [2.45, 2.75) is 42.7 Å². The van der Waals surface area contributed by atoms with Crippen molar-refractivity contribution in [1.82, 2.24) is 9.62 Å². The van der Waals surface area contributed by atoms with Crippen LogP contribution in [0.25, 0.3) is 0 Å². The van der Waals surface area contributed by atoms with E-state index in [0.29, 0.717) is 25.1 Å². The van der Waals surface area contributed by atoms with Gasteiger partial charge in [-0.15, -0.1) is 0 Å². The van der Waals surface area contributed by atoms with Gasteiger partial charge in [0, 0.05) is 12.6 Å². The number of ether oxygens (including phenoxy) is 1. The monoisotopic (exact) mass is 324 g/mol. The van der Waals surface area contributed by atoms with Crippen LogP contribution in [0, 0.1) is 0 Å². The fourth-order valence-electron chi connectivity index (χ4n) is 2.70. The van der Waals surface area contributed by atoms with Gasteiger partial charge in [-0.3, -0.25) is 4.79 Å². The van der Waals surface area contributed by atoms with Crippen LogP contribution in [0.3, 0.4) is 0 Å². The zero-order chi connectivity index (χ0) is 15.7. The topological polar surface area (TPSA) is 75.7 Å². The summed E-state index contributed by atoms with van der Waals surface area (Å²) in [6.45, 7) is 0.386. The molecule has 0 spiro atoms. The van der Waals surface area contributed by atoms with Crippen LogP contribution in [-0.2, 0) is 14.8 Å². The van der Waals surface area contributed by atoms with Crippen molar-refractivity contribution in [3.05, 3.63) is 24.3 Å². The summed E-state index contributed by atoms with van der Waals surface area (Å²) in [5.74, 6) is 0.431. The molecule has 0 unspecified atom stereocenters. The number of nitrogens with zero attached hydrogens (tertiary/aromatic N) is 1. The zero-order valence-electron chi connectivity index (χ0n) is 12.5. The van der Waals surface area contributed by atoms with Crippen LogP contribution in [0.4, 0.5) is 0 Å². The molecule has 1 saturated carbocycles. The molecule has 1 saturated heterocycles. The second-order valence-corrected chi connectivity index (χ2v) is 7.62. The molecular weight excluding hydrogens is 304 g/mol. The first kappa shape index (κ1) is 15.3. The summed E-state index contributed by atoms with van der Waals surface area (Å²) < 4.78 is 31.9. The van der Waals surface area contributed by atoms with E-state index in [1.54, 1.807) is 12.1 Å². The smallest absolute Gasteiger partial charge is 0.243 e. The third-order valence-corrected chi connectivity index (χ3v) is 6.02. The second kappa shape index (κ2) is 5.89. The Morgan fingerprint density at radius 2 is 1.91 bits per heavy atom. The van der Waals surface area contributed by atoms with Crippen molar-refractivity contribution < 1.29 is 17.9 Å². The molecule has 0 aromatic heterocycles. The molecule has 1 aromatic rings. The molecule has 1 aromatic carbocycles. The Hall–Kier alpha value is -1.60. The van der Waals surface area contributed by atoms with Crippen molar-refractivity contribution in [2.24, 2.45) is 0 Å². The minimum absolute atomic E-state index is 0.169. The van der Waals surface area contributed by atoms with Crippen molar-refractivity contribution in [3.63, 3.8) is 0 Å². The standard InChI is InChI=1S/C15H20N2O4S/c1-21-12-6-8-13(9-7-12)22(19,20)17-10-2-3-14(17)15(18)16-11-4-5-11/h6-9,11,14H,2-5,10H2,1H3,(H,16,18)/t14-/m1/s1. The summed E-state index contributed by atoms with van der Waals surface area (Å²) in [4.78, 5) is 12.4. The molecule has 6 nitrogen and oxygen atoms in total. The number of sulfonamides is 1. The molecule has 0 radical (unpaired) electrons. The number of hydrogen-bond acceptors (Lipinski definition) is 4. The van der Waals surface area contributed by atoms with Gasteiger partial charge in [0.25, 0.3) is 0 Å². The average molecular weight is 324 g/mol. The van der Waals surface area contributed by atoms with Crippen molar-refractivity contribution in [2.75, 3.05) is 13.7 Å². The van der Waals surface area contributed by atoms with E-state index in [1.807, 2.05) is 0 Å². The molecule has 22 heavy (non-hydrogen) atoms. The van der Waals surface area contributed by atoms with Gasteiger partial charge in [-0.1, -0.05) is 0 Å². The summed E-state index contributed by atoms with van der Waals surface area (Å²) >= 11 is 0. The van der Waals surface area contributed by atoms with E-state index < -0.39 is 16.1 Å². The van der Waals surface area contributed by atoms with Gasteiger partial charge in [-0.2, -0.15) is 4.31 Å². The van der Waals surface area contributed by atoms with E-state index in [-0.39, 0.29) is 16.8 Å². The van der Waals surface area contributed by atoms with E-state index in [2.05, 4.69) is 5.32 Å². The fourth-order valence-corrected chi connectivity index (χ4v) is 4.35. The van der Waals surface area contributed by atoms with E-state index in [9.17, 15) is 13.2 Å². The van der Waals surface area contributed by atoms with Crippen LogP contribution < -0.4 is 10.1 Å². The van der Waals surface area contributed by atoms with Gasteiger partial charge < -0.3 is 10.1 Å². The van der Waals surface area contributed by atoms with E-state index in [1.165, 1.54) is 23.5 Å². The Morgan fingerprint density at radius 1 is 1.23 bits per heavy atom.